The Kier molecular flexibility index (Phi) is 7.73. The predicted octanol–water partition coefficient (Wildman–Crippen LogP) is 3.87. The van der Waals surface area contributed by atoms with Gasteiger partial charge in [0.1, 0.15) is 5.75 Å². The van der Waals surface area contributed by atoms with Crippen LogP contribution in [0.5, 0.6) is 5.75 Å². The van der Waals surface area contributed by atoms with Crippen molar-refractivity contribution in [3.8, 4) is 5.75 Å². The van der Waals surface area contributed by atoms with E-state index in [9.17, 15) is 13.2 Å². The van der Waals surface area contributed by atoms with Gasteiger partial charge in [-0.15, -0.1) is 0 Å². The van der Waals surface area contributed by atoms with E-state index in [2.05, 4.69) is 11.6 Å². The molecule has 0 bridgehead atoms. The number of aryl methyl sites for hydroxylation is 1. The third-order valence-corrected chi connectivity index (χ3v) is 7.43. The first-order chi connectivity index (χ1) is 14.8. The van der Waals surface area contributed by atoms with Crippen LogP contribution in [0.25, 0.3) is 0 Å². The number of likely N-dealkylation sites (tertiary alicyclic amines) is 1. The average Bonchev–Trinajstić information content (AvgIpc) is 2.77. The van der Waals surface area contributed by atoms with Crippen molar-refractivity contribution in [3.63, 3.8) is 0 Å². The Balaban J connectivity index is 1.73. The zero-order valence-corrected chi connectivity index (χ0v) is 19.3. The van der Waals surface area contributed by atoms with Crippen LogP contribution in [-0.4, -0.2) is 45.5 Å². The lowest BCUT2D eigenvalue weighted by atomic mass is 9.98. The number of ether oxygens (including phenoxy) is 1. The Morgan fingerprint density at radius 3 is 2.48 bits per heavy atom. The Bertz CT molecular complexity index is 984. The van der Waals surface area contributed by atoms with Crippen LogP contribution >= 0.6 is 0 Å². The van der Waals surface area contributed by atoms with E-state index in [1.165, 1.54) is 24.8 Å². The zero-order chi connectivity index (χ0) is 22.4. The molecule has 1 N–H and O–H groups in total. The first-order valence-corrected chi connectivity index (χ1v) is 12.3. The summed E-state index contributed by atoms with van der Waals surface area (Å²) in [5, 5.41) is 0. The van der Waals surface area contributed by atoms with Gasteiger partial charge < -0.3 is 9.64 Å². The third-order valence-electron chi connectivity index (χ3n) is 5.85. The van der Waals surface area contributed by atoms with Crippen molar-refractivity contribution in [1.29, 1.82) is 0 Å². The van der Waals surface area contributed by atoms with E-state index >= 15 is 0 Å². The van der Waals surface area contributed by atoms with Gasteiger partial charge in [-0.25, -0.2) is 13.1 Å². The maximum Gasteiger partial charge on any atom is 0.257 e. The summed E-state index contributed by atoms with van der Waals surface area (Å²) in [6.07, 6.45) is 3.36. The fraction of sp³-hybridized carbons (Fsp3) is 0.458. The molecule has 2 aromatic carbocycles. The standard InChI is InChI=1S/C24H32N2O4S/c1-18-13-15-26(16-14-18)24(27)22-17-21(11-12-23(22)30-3)31(28,29)25-19(2)9-10-20-7-5-4-6-8-20/h4-8,11-12,17-19,25H,9-10,13-16H2,1-3H3/t19-/m1/s1. The van der Waals surface area contributed by atoms with Crippen LogP contribution in [0, 0.1) is 5.92 Å². The molecule has 31 heavy (non-hydrogen) atoms. The minimum atomic E-state index is -3.76. The molecule has 0 aromatic heterocycles. The summed E-state index contributed by atoms with van der Waals surface area (Å²) < 4.78 is 34.0. The molecule has 1 heterocycles. The normalized spacial score (nSPS) is 16.2. The quantitative estimate of drug-likeness (QED) is 0.671. The second kappa shape index (κ2) is 10.3. The molecule has 168 valence electrons. The number of nitrogens with zero attached hydrogens (tertiary/aromatic N) is 1. The van der Waals surface area contributed by atoms with Gasteiger partial charge in [-0.3, -0.25) is 4.79 Å². The maximum absolute atomic E-state index is 13.1. The molecule has 2 aromatic rings. The van der Waals surface area contributed by atoms with E-state index in [1.54, 1.807) is 11.0 Å². The summed E-state index contributed by atoms with van der Waals surface area (Å²) in [5.74, 6) is 0.803. The van der Waals surface area contributed by atoms with Gasteiger partial charge in [0.05, 0.1) is 17.6 Å². The van der Waals surface area contributed by atoms with Crippen molar-refractivity contribution in [1.82, 2.24) is 9.62 Å². The van der Waals surface area contributed by atoms with Gasteiger partial charge in [0, 0.05) is 19.1 Å². The minimum absolute atomic E-state index is 0.0774. The molecule has 3 rings (SSSR count). The van der Waals surface area contributed by atoms with E-state index < -0.39 is 10.0 Å². The third kappa shape index (κ3) is 6.08. The highest BCUT2D eigenvalue weighted by Crippen LogP contribution is 2.26. The van der Waals surface area contributed by atoms with Crippen molar-refractivity contribution in [2.75, 3.05) is 20.2 Å². The SMILES string of the molecule is COc1ccc(S(=O)(=O)N[C@H](C)CCc2ccccc2)cc1C(=O)N1CCC(C)CC1. The number of methoxy groups -OCH3 is 1. The molecule has 1 saturated heterocycles. The molecule has 1 amide bonds. The Morgan fingerprint density at radius 1 is 1.16 bits per heavy atom. The molecule has 6 nitrogen and oxygen atoms in total. The highest BCUT2D eigenvalue weighted by Gasteiger charge is 2.26. The van der Waals surface area contributed by atoms with Crippen LogP contribution in [-0.2, 0) is 16.4 Å². The van der Waals surface area contributed by atoms with Crippen LogP contribution in [0.3, 0.4) is 0 Å². The van der Waals surface area contributed by atoms with Crippen molar-refractivity contribution in [2.45, 2.75) is 50.5 Å². The molecule has 0 spiro atoms. The van der Waals surface area contributed by atoms with Gasteiger partial charge in [0.15, 0.2) is 0 Å². The van der Waals surface area contributed by atoms with Crippen LogP contribution in [0.1, 0.15) is 49.0 Å². The van der Waals surface area contributed by atoms with E-state index in [0.29, 0.717) is 31.2 Å². The smallest absolute Gasteiger partial charge is 0.257 e. The molecule has 7 heteroatoms. The number of rotatable bonds is 8. The summed E-state index contributed by atoms with van der Waals surface area (Å²) in [6, 6.07) is 14.2. The minimum Gasteiger partial charge on any atom is -0.496 e. The van der Waals surface area contributed by atoms with Crippen molar-refractivity contribution in [3.05, 3.63) is 59.7 Å². The maximum atomic E-state index is 13.1. The Hall–Kier alpha value is -2.38. The second-order valence-electron chi connectivity index (χ2n) is 8.38. The number of hydrogen-bond donors (Lipinski definition) is 1. The molecular weight excluding hydrogens is 412 g/mol. The van der Waals surface area contributed by atoms with Crippen molar-refractivity contribution >= 4 is 15.9 Å². The fourth-order valence-corrected chi connectivity index (χ4v) is 5.13. The van der Waals surface area contributed by atoms with Gasteiger partial charge in [-0.05, 0) is 62.3 Å². The monoisotopic (exact) mass is 444 g/mol. The van der Waals surface area contributed by atoms with Crippen molar-refractivity contribution < 1.29 is 17.9 Å². The van der Waals surface area contributed by atoms with E-state index in [-0.39, 0.29) is 22.4 Å². The molecule has 1 atom stereocenters. The molecule has 0 aliphatic carbocycles. The predicted molar refractivity (Wildman–Crippen MR) is 122 cm³/mol. The topological polar surface area (TPSA) is 75.7 Å². The van der Waals surface area contributed by atoms with Crippen LogP contribution in [0.15, 0.2) is 53.4 Å². The average molecular weight is 445 g/mol. The highest BCUT2D eigenvalue weighted by molar-refractivity contribution is 7.89. The van der Waals surface area contributed by atoms with Gasteiger partial charge in [-0.1, -0.05) is 37.3 Å². The van der Waals surface area contributed by atoms with E-state index in [1.807, 2.05) is 37.3 Å². The van der Waals surface area contributed by atoms with E-state index in [0.717, 1.165) is 19.3 Å². The summed E-state index contributed by atoms with van der Waals surface area (Å²) in [6.45, 7) is 5.38. The number of piperidine rings is 1. The number of carbonyl (C=O) groups is 1. The number of sulfonamides is 1. The highest BCUT2D eigenvalue weighted by atomic mass is 32.2. The van der Waals surface area contributed by atoms with Crippen LogP contribution in [0.4, 0.5) is 0 Å². The summed E-state index contributed by atoms with van der Waals surface area (Å²) in [4.78, 5) is 14.9. The molecule has 0 unspecified atom stereocenters. The second-order valence-corrected chi connectivity index (χ2v) is 10.1. The number of hydrogen-bond acceptors (Lipinski definition) is 4. The summed E-state index contributed by atoms with van der Waals surface area (Å²) in [5.41, 5.74) is 1.46. The lowest BCUT2D eigenvalue weighted by molar-refractivity contribution is 0.0693. The van der Waals surface area contributed by atoms with Gasteiger partial charge in [0.25, 0.3) is 5.91 Å². The van der Waals surface area contributed by atoms with Gasteiger partial charge in [-0.2, -0.15) is 0 Å². The lowest BCUT2D eigenvalue weighted by Crippen LogP contribution is -2.38. The molecule has 1 fully saturated rings. The van der Waals surface area contributed by atoms with E-state index in [4.69, 9.17) is 4.74 Å². The number of benzene rings is 2. The fourth-order valence-electron chi connectivity index (χ4n) is 3.82. The first-order valence-electron chi connectivity index (χ1n) is 10.8. The van der Waals surface area contributed by atoms with Crippen LogP contribution in [0.2, 0.25) is 0 Å². The zero-order valence-electron chi connectivity index (χ0n) is 18.5. The molecular formula is C24H32N2O4S. The Morgan fingerprint density at radius 2 is 1.84 bits per heavy atom. The lowest BCUT2D eigenvalue weighted by Gasteiger charge is -2.30. The first kappa shape index (κ1) is 23.3. The largest absolute Gasteiger partial charge is 0.496 e. The number of nitrogens with one attached hydrogen (secondary N) is 1. The summed E-state index contributed by atoms with van der Waals surface area (Å²) in [7, 11) is -2.27. The Labute approximate surface area is 185 Å². The van der Waals surface area contributed by atoms with Crippen LogP contribution < -0.4 is 9.46 Å². The van der Waals surface area contributed by atoms with Gasteiger partial charge >= 0.3 is 0 Å². The molecule has 0 radical (unpaired) electrons. The number of carbonyl (C=O) groups excluding carboxylic acids is 1. The number of amides is 1. The van der Waals surface area contributed by atoms with Crippen molar-refractivity contribution in [2.24, 2.45) is 5.92 Å². The molecule has 0 saturated carbocycles. The summed E-state index contributed by atoms with van der Waals surface area (Å²) >= 11 is 0. The van der Waals surface area contributed by atoms with Gasteiger partial charge in [0.2, 0.25) is 10.0 Å². The molecule has 1 aliphatic heterocycles. The molecule has 1 aliphatic rings.